The maximum atomic E-state index is 4.68. The molecule has 0 spiro atoms. The lowest BCUT2D eigenvalue weighted by molar-refractivity contribution is 0.545. The number of hydrogen-bond donors (Lipinski definition) is 1. The highest BCUT2D eigenvalue weighted by molar-refractivity contribution is 5.37. The second-order valence-electron chi connectivity index (χ2n) is 5.32. The van der Waals surface area contributed by atoms with E-state index in [0.29, 0.717) is 6.04 Å². The summed E-state index contributed by atoms with van der Waals surface area (Å²) in [5.74, 6) is 1.83. The second kappa shape index (κ2) is 4.26. The van der Waals surface area contributed by atoms with Gasteiger partial charge in [-0.15, -0.1) is 0 Å². The number of anilines is 1. The monoisotopic (exact) mass is 232 g/mol. The van der Waals surface area contributed by atoms with E-state index in [2.05, 4.69) is 33.2 Å². The number of fused-ring (bicyclic) bond motifs is 2. The highest BCUT2D eigenvalue weighted by Crippen LogP contribution is 2.38. The van der Waals surface area contributed by atoms with Crippen LogP contribution in [0.5, 0.6) is 0 Å². The summed E-state index contributed by atoms with van der Waals surface area (Å²) in [6.07, 6.45) is 4.07. The Morgan fingerprint density at radius 2 is 2.29 bits per heavy atom. The van der Waals surface area contributed by atoms with Crippen LogP contribution in [-0.2, 0) is 6.54 Å². The topological polar surface area (TPSA) is 41.1 Å². The van der Waals surface area contributed by atoms with Gasteiger partial charge >= 0.3 is 0 Å². The van der Waals surface area contributed by atoms with Gasteiger partial charge in [0.05, 0.1) is 5.69 Å². The molecular weight excluding hydrogens is 212 g/mol. The van der Waals surface area contributed by atoms with Gasteiger partial charge in [0.25, 0.3) is 0 Å². The van der Waals surface area contributed by atoms with Crippen molar-refractivity contribution in [2.75, 3.05) is 18.5 Å². The van der Waals surface area contributed by atoms with Gasteiger partial charge in [-0.25, -0.2) is 9.97 Å². The largest absolute Gasteiger partial charge is 0.338 e. The Kier molecular flexibility index (Phi) is 2.74. The molecule has 2 aliphatic rings. The fraction of sp³-hybridized carbons (Fsp3) is 0.692. The molecule has 1 aromatic rings. The number of nitrogens with zero attached hydrogens (tertiary/aromatic N) is 3. The average Bonchev–Trinajstić information content (AvgIpc) is 2.90. The van der Waals surface area contributed by atoms with E-state index in [4.69, 9.17) is 0 Å². The molecule has 4 nitrogen and oxygen atoms in total. The molecule has 92 valence electrons. The molecule has 0 aromatic carbocycles. The molecule has 1 aromatic heterocycles. The summed E-state index contributed by atoms with van der Waals surface area (Å²) >= 11 is 0. The maximum absolute atomic E-state index is 4.68. The van der Waals surface area contributed by atoms with Crippen molar-refractivity contribution in [2.45, 2.75) is 38.8 Å². The standard InChI is InChI=1S/C13H20N4/c1-9-5-11(7-14-2)16-13(15-9)17-8-10-3-4-12(17)6-10/h5,10,12,14H,3-4,6-8H2,1-2H3. The number of piperidine rings is 1. The van der Waals surface area contributed by atoms with E-state index < -0.39 is 0 Å². The minimum Gasteiger partial charge on any atom is -0.338 e. The molecular formula is C13H20N4. The van der Waals surface area contributed by atoms with Crippen LogP contribution in [0.1, 0.15) is 30.7 Å². The number of nitrogens with one attached hydrogen (secondary N) is 1. The molecule has 2 unspecified atom stereocenters. The van der Waals surface area contributed by atoms with E-state index in [-0.39, 0.29) is 0 Å². The molecule has 1 N–H and O–H groups in total. The van der Waals surface area contributed by atoms with Gasteiger partial charge < -0.3 is 10.2 Å². The third kappa shape index (κ3) is 2.02. The summed E-state index contributed by atoms with van der Waals surface area (Å²) in [7, 11) is 1.95. The van der Waals surface area contributed by atoms with E-state index in [9.17, 15) is 0 Å². The molecule has 1 saturated heterocycles. The third-order valence-corrected chi connectivity index (χ3v) is 3.92. The Bertz CT molecular complexity index is 418. The molecule has 0 radical (unpaired) electrons. The summed E-state index contributed by atoms with van der Waals surface area (Å²) in [6, 6.07) is 2.76. The zero-order valence-electron chi connectivity index (χ0n) is 10.6. The molecule has 2 atom stereocenters. The molecule has 1 aliphatic carbocycles. The Balaban J connectivity index is 1.87. The van der Waals surface area contributed by atoms with Gasteiger partial charge in [-0.2, -0.15) is 0 Å². The second-order valence-corrected chi connectivity index (χ2v) is 5.32. The SMILES string of the molecule is CNCc1cc(C)nc(N2CC3CCC2C3)n1. The summed E-state index contributed by atoms with van der Waals surface area (Å²) in [5, 5.41) is 3.15. The minimum absolute atomic E-state index is 0.698. The molecule has 3 rings (SSSR count). The zero-order valence-corrected chi connectivity index (χ0v) is 10.6. The van der Waals surface area contributed by atoms with Crippen molar-refractivity contribution < 1.29 is 0 Å². The molecule has 0 amide bonds. The van der Waals surface area contributed by atoms with Crippen LogP contribution in [0.4, 0.5) is 5.95 Å². The van der Waals surface area contributed by atoms with Crippen molar-refractivity contribution >= 4 is 5.95 Å². The highest BCUT2D eigenvalue weighted by Gasteiger charge is 2.39. The maximum Gasteiger partial charge on any atom is 0.226 e. The van der Waals surface area contributed by atoms with Crippen LogP contribution in [0, 0.1) is 12.8 Å². The number of aromatic nitrogens is 2. The molecule has 2 bridgehead atoms. The third-order valence-electron chi connectivity index (χ3n) is 3.92. The van der Waals surface area contributed by atoms with Gasteiger partial charge in [0.15, 0.2) is 0 Å². The van der Waals surface area contributed by atoms with E-state index in [1.165, 1.54) is 19.3 Å². The average molecular weight is 232 g/mol. The van der Waals surface area contributed by atoms with Gasteiger partial charge in [-0.3, -0.25) is 0 Å². The Morgan fingerprint density at radius 3 is 2.94 bits per heavy atom. The van der Waals surface area contributed by atoms with Gasteiger partial charge in [-0.1, -0.05) is 0 Å². The van der Waals surface area contributed by atoms with Crippen molar-refractivity contribution in [1.82, 2.24) is 15.3 Å². The quantitative estimate of drug-likeness (QED) is 0.857. The van der Waals surface area contributed by atoms with Crippen LogP contribution in [0.2, 0.25) is 0 Å². The van der Waals surface area contributed by atoms with Gasteiger partial charge in [0.2, 0.25) is 5.95 Å². The predicted molar refractivity (Wildman–Crippen MR) is 68.0 cm³/mol. The fourth-order valence-electron chi connectivity index (χ4n) is 3.19. The van der Waals surface area contributed by atoms with E-state index in [1.807, 2.05) is 7.05 Å². The first-order valence-electron chi connectivity index (χ1n) is 6.52. The Hall–Kier alpha value is -1.16. The van der Waals surface area contributed by atoms with Crippen LogP contribution in [0.15, 0.2) is 6.07 Å². The Labute approximate surface area is 102 Å². The summed E-state index contributed by atoms with van der Waals surface area (Å²) in [5.41, 5.74) is 2.17. The van der Waals surface area contributed by atoms with Crippen molar-refractivity contribution in [3.8, 4) is 0 Å². The number of rotatable bonds is 3. The lowest BCUT2D eigenvalue weighted by Crippen LogP contribution is -2.33. The minimum atomic E-state index is 0.698. The summed E-state index contributed by atoms with van der Waals surface area (Å²) in [6.45, 7) is 4.03. The van der Waals surface area contributed by atoms with Crippen molar-refractivity contribution in [3.63, 3.8) is 0 Å². The molecule has 1 aliphatic heterocycles. The molecule has 17 heavy (non-hydrogen) atoms. The number of aryl methyl sites for hydroxylation is 1. The van der Waals surface area contributed by atoms with Crippen molar-refractivity contribution in [1.29, 1.82) is 0 Å². The summed E-state index contributed by atoms with van der Waals surface area (Å²) < 4.78 is 0. The van der Waals surface area contributed by atoms with Gasteiger partial charge in [0.1, 0.15) is 0 Å². The Morgan fingerprint density at radius 1 is 1.41 bits per heavy atom. The first kappa shape index (κ1) is 11.0. The normalized spacial score (nSPS) is 26.8. The van der Waals surface area contributed by atoms with E-state index in [1.54, 1.807) is 0 Å². The first-order chi connectivity index (χ1) is 8.26. The smallest absolute Gasteiger partial charge is 0.226 e. The summed E-state index contributed by atoms with van der Waals surface area (Å²) in [4.78, 5) is 11.7. The predicted octanol–water partition coefficient (Wildman–Crippen LogP) is 1.49. The molecule has 2 fully saturated rings. The highest BCUT2D eigenvalue weighted by atomic mass is 15.3. The van der Waals surface area contributed by atoms with Gasteiger partial charge in [-0.05, 0) is 45.2 Å². The van der Waals surface area contributed by atoms with Crippen molar-refractivity contribution in [3.05, 3.63) is 17.5 Å². The van der Waals surface area contributed by atoms with Crippen LogP contribution >= 0.6 is 0 Å². The van der Waals surface area contributed by atoms with Crippen LogP contribution in [0.25, 0.3) is 0 Å². The molecule has 1 saturated carbocycles. The number of hydrogen-bond acceptors (Lipinski definition) is 4. The van der Waals surface area contributed by atoms with E-state index >= 15 is 0 Å². The van der Waals surface area contributed by atoms with Crippen LogP contribution < -0.4 is 10.2 Å². The van der Waals surface area contributed by atoms with Crippen molar-refractivity contribution in [2.24, 2.45) is 5.92 Å². The molecule has 2 heterocycles. The van der Waals surface area contributed by atoms with Crippen LogP contribution in [0.3, 0.4) is 0 Å². The lowest BCUT2D eigenvalue weighted by atomic mass is 10.1. The lowest BCUT2D eigenvalue weighted by Gasteiger charge is -2.27. The van der Waals surface area contributed by atoms with Crippen LogP contribution in [-0.4, -0.2) is 29.6 Å². The van der Waals surface area contributed by atoms with E-state index in [0.717, 1.165) is 36.3 Å². The fourth-order valence-corrected chi connectivity index (χ4v) is 3.19. The first-order valence-corrected chi connectivity index (χ1v) is 6.52. The van der Waals surface area contributed by atoms with Gasteiger partial charge in [0, 0.05) is 24.8 Å². The zero-order chi connectivity index (χ0) is 11.8. The molecule has 4 heteroatoms.